The second-order valence-corrected chi connectivity index (χ2v) is 5.33. The fraction of sp³-hybridized carbons (Fsp3) is 0.600. The Balaban J connectivity index is 1.85. The van der Waals surface area contributed by atoms with Gasteiger partial charge in [0.25, 0.3) is 0 Å². The van der Waals surface area contributed by atoms with E-state index in [2.05, 4.69) is 5.32 Å². The first-order chi connectivity index (χ1) is 9.36. The van der Waals surface area contributed by atoms with E-state index in [0.29, 0.717) is 30.4 Å². The van der Waals surface area contributed by atoms with E-state index in [1.807, 2.05) is 6.07 Å². The highest BCUT2D eigenvalue weighted by Gasteiger charge is 2.21. The van der Waals surface area contributed by atoms with Gasteiger partial charge in [-0.2, -0.15) is 0 Å². The average Bonchev–Trinajstić information content (AvgIpc) is 2.48. The number of hydrogen-bond donors (Lipinski definition) is 1. The molecule has 1 N–H and O–H groups in total. The van der Waals surface area contributed by atoms with Crippen LogP contribution in [0.2, 0.25) is 0 Å². The Hall–Kier alpha value is -1.29. The van der Waals surface area contributed by atoms with E-state index >= 15 is 0 Å². The minimum Gasteiger partial charge on any atom is -0.486 e. The molecule has 1 aromatic carbocycles. The van der Waals surface area contributed by atoms with Crippen molar-refractivity contribution in [3.05, 3.63) is 23.3 Å². The zero-order chi connectivity index (χ0) is 13.1. The first-order valence-electron chi connectivity index (χ1n) is 7.05. The second-order valence-electron chi connectivity index (χ2n) is 5.33. The molecule has 3 nitrogen and oxygen atoms in total. The lowest BCUT2D eigenvalue weighted by atomic mass is 9.91. The van der Waals surface area contributed by atoms with Crippen molar-refractivity contribution < 1.29 is 13.9 Å². The van der Waals surface area contributed by atoms with Crippen molar-refractivity contribution in [3.63, 3.8) is 0 Å². The zero-order valence-corrected chi connectivity index (χ0v) is 11.1. The van der Waals surface area contributed by atoms with Crippen molar-refractivity contribution in [2.45, 2.75) is 25.9 Å². The van der Waals surface area contributed by atoms with E-state index in [1.54, 1.807) is 6.07 Å². The lowest BCUT2D eigenvalue weighted by molar-refractivity contribution is 0.168. The largest absolute Gasteiger partial charge is 0.486 e. The summed E-state index contributed by atoms with van der Waals surface area (Å²) in [6.45, 7) is 2.83. The van der Waals surface area contributed by atoms with Crippen LogP contribution in [0.5, 0.6) is 11.5 Å². The third-order valence-corrected chi connectivity index (χ3v) is 3.84. The lowest BCUT2D eigenvalue weighted by Gasteiger charge is -2.26. The van der Waals surface area contributed by atoms with Crippen LogP contribution in [0.4, 0.5) is 4.39 Å². The number of hydrogen-bond acceptors (Lipinski definition) is 3. The Bertz CT molecular complexity index is 444. The topological polar surface area (TPSA) is 30.5 Å². The maximum atomic E-state index is 12.9. The van der Waals surface area contributed by atoms with Gasteiger partial charge in [0.15, 0.2) is 11.5 Å². The predicted octanol–water partition coefficient (Wildman–Crippen LogP) is 2.47. The summed E-state index contributed by atoms with van der Waals surface area (Å²) >= 11 is 0. The number of piperidine rings is 1. The maximum absolute atomic E-state index is 12.9. The Morgan fingerprint density at radius 3 is 2.95 bits per heavy atom. The van der Waals surface area contributed by atoms with Crippen LogP contribution in [0, 0.1) is 5.92 Å². The molecule has 0 bridgehead atoms. The van der Waals surface area contributed by atoms with Crippen LogP contribution in [0.1, 0.15) is 24.0 Å². The van der Waals surface area contributed by atoms with E-state index < -0.39 is 6.67 Å². The molecule has 0 radical (unpaired) electrons. The highest BCUT2D eigenvalue weighted by atomic mass is 19.1. The van der Waals surface area contributed by atoms with Gasteiger partial charge in [0.2, 0.25) is 0 Å². The van der Waals surface area contributed by atoms with E-state index in [1.165, 1.54) is 12.8 Å². The van der Waals surface area contributed by atoms with Crippen LogP contribution >= 0.6 is 0 Å². The summed E-state index contributed by atoms with van der Waals surface area (Å²) in [4.78, 5) is 0. The first-order valence-corrected chi connectivity index (χ1v) is 7.05. The third-order valence-electron chi connectivity index (χ3n) is 3.84. The molecule has 1 atom stereocenters. The molecule has 0 aliphatic carbocycles. The molecular weight excluding hydrogens is 245 g/mol. The molecule has 19 heavy (non-hydrogen) atoms. The molecule has 1 unspecified atom stereocenters. The second kappa shape index (κ2) is 5.78. The van der Waals surface area contributed by atoms with Crippen LogP contribution < -0.4 is 14.8 Å². The molecular formula is C15H20FNO2. The molecule has 0 saturated carbocycles. The summed E-state index contributed by atoms with van der Waals surface area (Å²) in [6.07, 6.45) is 3.38. The maximum Gasteiger partial charge on any atom is 0.164 e. The molecule has 0 amide bonds. The van der Waals surface area contributed by atoms with Gasteiger partial charge in [-0.3, -0.25) is 0 Å². The van der Waals surface area contributed by atoms with Crippen LogP contribution in [-0.4, -0.2) is 26.3 Å². The van der Waals surface area contributed by atoms with Gasteiger partial charge in [-0.1, -0.05) is 0 Å². The van der Waals surface area contributed by atoms with Crippen molar-refractivity contribution in [2.75, 3.05) is 26.3 Å². The van der Waals surface area contributed by atoms with Crippen molar-refractivity contribution in [2.24, 2.45) is 5.92 Å². The summed E-state index contributed by atoms with van der Waals surface area (Å²) in [5.74, 6) is 2.15. The lowest BCUT2D eigenvalue weighted by Crippen LogP contribution is -2.31. The number of nitrogens with one attached hydrogen (secondary N) is 1. The first kappa shape index (κ1) is 12.7. The molecule has 4 heteroatoms. The van der Waals surface area contributed by atoms with Gasteiger partial charge in [-0.15, -0.1) is 0 Å². The molecule has 1 fully saturated rings. The number of fused-ring (bicyclic) bond motifs is 1. The predicted molar refractivity (Wildman–Crippen MR) is 71.5 cm³/mol. The number of rotatable bonds is 3. The van der Waals surface area contributed by atoms with Gasteiger partial charge in [0.05, 0.1) is 0 Å². The Morgan fingerprint density at radius 1 is 1.26 bits per heavy atom. The number of ether oxygens (including phenoxy) is 2. The minimum absolute atomic E-state index is 0.452. The summed E-state index contributed by atoms with van der Waals surface area (Å²) in [5.41, 5.74) is 1.78. The number of benzene rings is 1. The fourth-order valence-corrected chi connectivity index (χ4v) is 2.93. The zero-order valence-electron chi connectivity index (χ0n) is 11.1. The smallest absolute Gasteiger partial charge is 0.164 e. The van der Waals surface area contributed by atoms with E-state index in [0.717, 1.165) is 30.8 Å². The average molecular weight is 265 g/mol. The SMILES string of the molecule is FCc1cc(CC2CCCNC2)c2c(c1)OCCO2. The normalized spacial score (nSPS) is 22.3. The van der Waals surface area contributed by atoms with E-state index in [9.17, 15) is 4.39 Å². The summed E-state index contributed by atoms with van der Waals surface area (Å²) in [7, 11) is 0. The highest BCUT2D eigenvalue weighted by Crippen LogP contribution is 2.37. The van der Waals surface area contributed by atoms with Crippen LogP contribution in [-0.2, 0) is 13.1 Å². The van der Waals surface area contributed by atoms with Gasteiger partial charge in [0.1, 0.15) is 19.9 Å². The summed E-state index contributed by atoms with van der Waals surface area (Å²) < 4.78 is 24.3. The molecule has 0 aromatic heterocycles. The van der Waals surface area contributed by atoms with Crippen molar-refractivity contribution in [3.8, 4) is 11.5 Å². The Kier molecular flexibility index (Phi) is 3.87. The van der Waals surface area contributed by atoms with Gasteiger partial charge < -0.3 is 14.8 Å². The Morgan fingerprint density at radius 2 is 2.16 bits per heavy atom. The molecule has 0 spiro atoms. The summed E-state index contributed by atoms with van der Waals surface area (Å²) in [6, 6.07) is 3.69. The highest BCUT2D eigenvalue weighted by molar-refractivity contribution is 5.50. The number of halogens is 1. The van der Waals surface area contributed by atoms with Crippen LogP contribution in [0.3, 0.4) is 0 Å². The molecule has 3 rings (SSSR count). The third kappa shape index (κ3) is 2.84. The van der Waals surface area contributed by atoms with Gasteiger partial charge in [-0.05, 0) is 61.5 Å². The summed E-state index contributed by atoms with van der Waals surface area (Å²) in [5, 5.41) is 3.42. The molecule has 1 saturated heterocycles. The molecule has 2 heterocycles. The quantitative estimate of drug-likeness (QED) is 0.910. The van der Waals surface area contributed by atoms with Crippen molar-refractivity contribution in [1.82, 2.24) is 5.32 Å². The fourth-order valence-electron chi connectivity index (χ4n) is 2.93. The van der Waals surface area contributed by atoms with E-state index in [4.69, 9.17) is 9.47 Å². The van der Waals surface area contributed by atoms with E-state index in [-0.39, 0.29) is 0 Å². The van der Waals surface area contributed by atoms with Crippen LogP contribution in [0.25, 0.3) is 0 Å². The minimum atomic E-state index is -0.452. The Labute approximate surface area is 113 Å². The monoisotopic (exact) mass is 265 g/mol. The molecule has 2 aliphatic heterocycles. The van der Waals surface area contributed by atoms with Crippen molar-refractivity contribution in [1.29, 1.82) is 0 Å². The van der Waals surface area contributed by atoms with Gasteiger partial charge in [-0.25, -0.2) is 4.39 Å². The van der Waals surface area contributed by atoms with Gasteiger partial charge in [0, 0.05) is 0 Å². The molecule has 2 aliphatic rings. The number of alkyl halides is 1. The van der Waals surface area contributed by atoms with Gasteiger partial charge >= 0.3 is 0 Å². The standard InChI is InChI=1S/C15H20FNO2/c16-9-12-7-13(6-11-2-1-3-17-10-11)15-14(8-12)18-4-5-19-15/h7-8,11,17H,1-6,9-10H2. The molecule has 104 valence electrons. The molecule has 1 aromatic rings. The van der Waals surface area contributed by atoms with Crippen molar-refractivity contribution >= 4 is 0 Å². The van der Waals surface area contributed by atoms with Crippen LogP contribution in [0.15, 0.2) is 12.1 Å².